The molecule has 2 aliphatic rings. The van der Waals surface area contributed by atoms with Gasteiger partial charge in [-0.2, -0.15) is 0 Å². The van der Waals surface area contributed by atoms with Gasteiger partial charge in [-0.3, -0.25) is 9.59 Å². The van der Waals surface area contributed by atoms with Crippen LogP contribution in [0.1, 0.15) is 26.2 Å². The van der Waals surface area contributed by atoms with Gasteiger partial charge in [0, 0.05) is 19.7 Å². The average molecular weight is 255 g/mol. The first-order valence-electron chi connectivity index (χ1n) is 6.75. The zero-order chi connectivity index (χ0) is 13.0. The Hall–Kier alpha value is -1.10. The third-order valence-corrected chi connectivity index (χ3v) is 3.63. The highest BCUT2D eigenvalue weighted by atomic mass is 16.5. The number of rotatable bonds is 3. The van der Waals surface area contributed by atoms with Crippen molar-refractivity contribution in [3.8, 4) is 0 Å². The van der Waals surface area contributed by atoms with Crippen LogP contribution in [0.15, 0.2) is 0 Å². The molecule has 5 nitrogen and oxygen atoms in total. The first-order chi connectivity index (χ1) is 8.72. The minimum absolute atomic E-state index is 0.00838. The molecule has 0 aromatic carbocycles. The molecule has 1 amide bonds. The highest BCUT2D eigenvalue weighted by Gasteiger charge is 2.33. The molecule has 2 rings (SSSR count). The van der Waals surface area contributed by atoms with Gasteiger partial charge in [-0.25, -0.2) is 0 Å². The van der Waals surface area contributed by atoms with Gasteiger partial charge >= 0.3 is 5.97 Å². The zero-order valence-corrected chi connectivity index (χ0v) is 10.9. The van der Waals surface area contributed by atoms with E-state index >= 15 is 0 Å². The number of hydrogen-bond donors (Lipinski definition) is 0. The smallest absolute Gasteiger partial charge is 0.310 e. The van der Waals surface area contributed by atoms with Crippen molar-refractivity contribution in [1.82, 2.24) is 4.90 Å². The van der Waals surface area contributed by atoms with Crippen LogP contribution in [-0.2, 0) is 19.1 Å². The third kappa shape index (κ3) is 3.02. The Morgan fingerprint density at radius 2 is 2.17 bits per heavy atom. The average Bonchev–Trinajstić information content (AvgIpc) is 2.92. The van der Waals surface area contributed by atoms with Gasteiger partial charge in [0.05, 0.1) is 25.0 Å². The topological polar surface area (TPSA) is 55.8 Å². The third-order valence-electron chi connectivity index (χ3n) is 3.63. The molecule has 0 aromatic heterocycles. The van der Waals surface area contributed by atoms with Crippen LogP contribution in [0.4, 0.5) is 0 Å². The number of carbonyl (C=O) groups excluding carboxylic acids is 2. The lowest BCUT2D eigenvalue weighted by molar-refractivity contribution is -0.151. The Labute approximate surface area is 107 Å². The number of carbonyl (C=O) groups is 2. The summed E-state index contributed by atoms with van der Waals surface area (Å²) in [5.74, 6) is -0.185. The lowest BCUT2D eigenvalue weighted by Crippen LogP contribution is -2.45. The lowest BCUT2D eigenvalue weighted by Gasteiger charge is -2.32. The van der Waals surface area contributed by atoms with E-state index in [4.69, 9.17) is 9.47 Å². The minimum Gasteiger partial charge on any atom is -0.466 e. The molecule has 18 heavy (non-hydrogen) atoms. The minimum atomic E-state index is -0.169. The van der Waals surface area contributed by atoms with Gasteiger partial charge in [-0.05, 0) is 26.2 Å². The van der Waals surface area contributed by atoms with E-state index in [-0.39, 0.29) is 23.7 Å². The molecule has 2 unspecified atom stereocenters. The Kier molecular flexibility index (Phi) is 4.58. The van der Waals surface area contributed by atoms with Crippen LogP contribution in [0.3, 0.4) is 0 Å². The second kappa shape index (κ2) is 6.18. The monoisotopic (exact) mass is 255 g/mol. The van der Waals surface area contributed by atoms with Gasteiger partial charge in [-0.15, -0.1) is 0 Å². The molecule has 2 aliphatic heterocycles. The molecule has 5 heteroatoms. The summed E-state index contributed by atoms with van der Waals surface area (Å²) in [5, 5.41) is 0. The fraction of sp³-hybridized carbons (Fsp3) is 0.846. The van der Waals surface area contributed by atoms with Crippen LogP contribution >= 0.6 is 0 Å². The fourth-order valence-corrected chi connectivity index (χ4v) is 2.62. The van der Waals surface area contributed by atoms with Crippen LogP contribution in [0.5, 0.6) is 0 Å². The highest BCUT2D eigenvalue weighted by Crippen LogP contribution is 2.22. The number of amides is 1. The first-order valence-corrected chi connectivity index (χ1v) is 6.75. The van der Waals surface area contributed by atoms with Gasteiger partial charge in [0.25, 0.3) is 0 Å². The fourth-order valence-electron chi connectivity index (χ4n) is 2.62. The van der Waals surface area contributed by atoms with E-state index in [1.807, 2.05) is 4.90 Å². The summed E-state index contributed by atoms with van der Waals surface area (Å²) in [4.78, 5) is 25.7. The molecular formula is C13H21NO4. The molecule has 2 fully saturated rings. The van der Waals surface area contributed by atoms with Gasteiger partial charge in [0.1, 0.15) is 0 Å². The van der Waals surface area contributed by atoms with Crippen LogP contribution in [-0.4, -0.2) is 49.7 Å². The quantitative estimate of drug-likeness (QED) is 0.701. The van der Waals surface area contributed by atoms with Gasteiger partial charge in [0.2, 0.25) is 5.91 Å². The Balaban J connectivity index is 1.89. The SMILES string of the molecule is CCOC(=O)C1CCCN(C(=O)C2CCOC2)C1. The second-order valence-electron chi connectivity index (χ2n) is 4.94. The normalized spacial score (nSPS) is 28.2. The van der Waals surface area contributed by atoms with Crippen LogP contribution in [0.2, 0.25) is 0 Å². The first kappa shape index (κ1) is 13.3. The van der Waals surface area contributed by atoms with E-state index in [1.165, 1.54) is 0 Å². The van der Waals surface area contributed by atoms with Crippen LogP contribution in [0.25, 0.3) is 0 Å². The van der Waals surface area contributed by atoms with E-state index in [2.05, 4.69) is 0 Å². The summed E-state index contributed by atoms with van der Waals surface area (Å²) in [6.45, 7) is 4.67. The van der Waals surface area contributed by atoms with Crippen molar-refractivity contribution in [3.05, 3.63) is 0 Å². The Morgan fingerprint density at radius 3 is 2.83 bits per heavy atom. The molecule has 102 valence electrons. The molecule has 0 bridgehead atoms. The number of hydrogen-bond acceptors (Lipinski definition) is 4. The number of ether oxygens (including phenoxy) is 2. The predicted molar refractivity (Wildman–Crippen MR) is 64.9 cm³/mol. The molecule has 2 heterocycles. The molecule has 0 saturated carbocycles. The number of esters is 1. The van der Waals surface area contributed by atoms with Crippen LogP contribution < -0.4 is 0 Å². The van der Waals surface area contributed by atoms with Gasteiger partial charge in [-0.1, -0.05) is 0 Å². The zero-order valence-electron chi connectivity index (χ0n) is 10.9. The standard InChI is InChI=1S/C13H21NO4/c1-2-18-13(16)10-4-3-6-14(8-10)12(15)11-5-7-17-9-11/h10-11H,2-9H2,1H3. The molecular weight excluding hydrogens is 234 g/mol. The summed E-state index contributed by atoms with van der Waals surface area (Å²) in [7, 11) is 0. The summed E-state index contributed by atoms with van der Waals surface area (Å²) >= 11 is 0. The molecule has 2 atom stereocenters. The van der Waals surface area contributed by atoms with E-state index in [1.54, 1.807) is 6.92 Å². The van der Waals surface area contributed by atoms with Crippen molar-refractivity contribution in [3.63, 3.8) is 0 Å². The molecule has 0 radical (unpaired) electrons. The Morgan fingerprint density at radius 1 is 1.33 bits per heavy atom. The summed E-state index contributed by atoms with van der Waals surface area (Å²) in [6.07, 6.45) is 2.51. The largest absolute Gasteiger partial charge is 0.466 e. The van der Waals surface area contributed by atoms with Crippen molar-refractivity contribution >= 4 is 11.9 Å². The van der Waals surface area contributed by atoms with E-state index in [9.17, 15) is 9.59 Å². The maximum atomic E-state index is 12.2. The van der Waals surface area contributed by atoms with E-state index < -0.39 is 0 Å². The Bertz CT molecular complexity index is 312. The van der Waals surface area contributed by atoms with Crippen molar-refractivity contribution < 1.29 is 19.1 Å². The van der Waals surface area contributed by atoms with Crippen molar-refractivity contribution in [1.29, 1.82) is 0 Å². The van der Waals surface area contributed by atoms with Crippen molar-refractivity contribution in [2.75, 3.05) is 32.9 Å². The number of piperidine rings is 1. The number of nitrogens with zero attached hydrogens (tertiary/aromatic N) is 1. The number of likely N-dealkylation sites (tertiary alicyclic amines) is 1. The second-order valence-corrected chi connectivity index (χ2v) is 4.94. The molecule has 0 spiro atoms. The maximum Gasteiger partial charge on any atom is 0.310 e. The molecule has 0 aromatic rings. The predicted octanol–water partition coefficient (Wildman–Crippen LogP) is 0.825. The van der Waals surface area contributed by atoms with Crippen LogP contribution in [0, 0.1) is 11.8 Å². The molecule has 2 saturated heterocycles. The van der Waals surface area contributed by atoms with Crippen molar-refractivity contribution in [2.24, 2.45) is 11.8 Å². The summed E-state index contributed by atoms with van der Waals surface area (Å²) in [5.41, 5.74) is 0. The van der Waals surface area contributed by atoms with Gasteiger partial charge < -0.3 is 14.4 Å². The molecule has 0 aliphatic carbocycles. The maximum absolute atomic E-state index is 12.2. The lowest BCUT2D eigenvalue weighted by atomic mass is 9.96. The molecule has 0 N–H and O–H groups in total. The van der Waals surface area contributed by atoms with E-state index in [0.29, 0.717) is 26.4 Å². The summed E-state index contributed by atoms with van der Waals surface area (Å²) in [6, 6.07) is 0. The van der Waals surface area contributed by atoms with Crippen molar-refractivity contribution in [2.45, 2.75) is 26.2 Å². The van der Waals surface area contributed by atoms with E-state index in [0.717, 1.165) is 25.8 Å². The highest BCUT2D eigenvalue weighted by molar-refractivity contribution is 5.80. The summed E-state index contributed by atoms with van der Waals surface area (Å²) < 4.78 is 10.3. The van der Waals surface area contributed by atoms with Gasteiger partial charge in [0.15, 0.2) is 0 Å².